The second-order valence-electron chi connectivity index (χ2n) is 4.74. The largest absolute Gasteiger partial charge is 0.324 e. The third kappa shape index (κ3) is 4.88. The van der Waals surface area contributed by atoms with Gasteiger partial charge in [-0.1, -0.05) is 23.8 Å². The third-order valence-electron chi connectivity index (χ3n) is 2.86. The highest BCUT2D eigenvalue weighted by molar-refractivity contribution is 7.90. The van der Waals surface area contributed by atoms with Gasteiger partial charge >= 0.3 is 0 Å². The molecule has 1 atom stereocenters. The normalized spacial score (nSPS) is 13.6. The molecule has 1 rings (SSSR count). The van der Waals surface area contributed by atoms with Crippen LogP contribution in [0, 0.1) is 13.8 Å². The highest BCUT2D eigenvalue weighted by Gasteiger charge is 2.10. The van der Waals surface area contributed by atoms with Crippen molar-refractivity contribution in [1.82, 2.24) is 0 Å². The smallest absolute Gasteiger partial charge is 0.147 e. The van der Waals surface area contributed by atoms with Crippen molar-refractivity contribution >= 4 is 9.84 Å². The predicted molar refractivity (Wildman–Crippen MR) is 71.8 cm³/mol. The molecule has 0 bridgehead atoms. The predicted octanol–water partition coefficient (Wildman–Crippen LogP) is 2.13. The summed E-state index contributed by atoms with van der Waals surface area (Å²) < 4.78 is 22.1. The number of rotatable bonds is 5. The van der Waals surface area contributed by atoms with Crippen LogP contribution in [0.2, 0.25) is 0 Å². The van der Waals surface area contributed by atoms with Crippen LogP contribution in [0.25, 0.3) is 0 Å². The molecule has 3 nitrogen and oxygen atoms in total. The molecule has 0 spiro atoms. The second kappa shape index (κ2) is 5.65. The van der Waals surface area contributed by atoms with Crippen molar-refractivity contribution in [2.75, 3.05) is 12.0 Å². The average molecular weight is 255 g/mol. The fourth-order valence-electron chi connectivity index (χ4n) is 1.88. The van der Waals surface area contributed by atoms with Gasteiger partial charge < -0.3 is 5.73 Å². The van der Waals surface area contributed by atoms with Crippen molar-refractivity contribution in [3.63, 3.8) is 0 Å². The van der Waals surface area contributed by atoms with Crippen molar-refractivity contribution in [3.05, 3.63) is 34.9 Å². The molecular formula is C13H21NO2S. The molecule has 0 saturated carbocycles. The quantitative estimate of drug-likeness (QED) is 0.876. The Kier molecular flexibility index (Phi) is 4.71. The number of hydrogen-bond acceptors (Lipinski definition) is 3. The Balaban J connectivity index is 2.64. The molecule has 96 valence electrons. The van der Waals surface area contributed by atoms with Crippen LogP contribution in [0.3, 0.4) is 0 Å². The summed E-state index contributed by atoms with van der Waals surface area (Å²) in [4.78, 5) is 0. The fraction of sp³-hybridized carbons (Fsp3) is 0.538. The van der Waals surface area contributed by atoms with Crippen LogP contribution in [-0.4, -0.2) is 20.4 Å². The van der Waals surface area contributed by atoms with Crippen LogP contribution in [0.1, 0.15) is 35.6 Å². The summed E-state index contributed by atoms with van der Waals surface area (Å²) in [5.41, 5.74) is 9.58. The molecule has 0 saturated heterocycles. The molecular weight excluding hydrogens is 234 g/mol. The van der Waals surface area contributed by atoms with Gasteiger partial charge in [-0.2, -0.15) is 0 Å². The summed E-state index contributed by atoms with van der Waals surface area (Å²) in [6.07, 6.45) is 2.58. The van der Waals surface area contributed by atoms with E-state index in [2.05, 4.69) is 18.2 Å². The number of benzene rings is 1. The molecule has 1 aromatic rings. The molecule has 0 heterocycles. The summed E-state index contributed by atoms with van der Waals surface area (Å²) in [5, 5.41) is 0. The third-order valence-corrected chi connectivity index (χ3v) is 3.89. The molecule has 0 aliphatic heterocycles. The first-order valence-corrected chi connectivity index (χ1v) is 7.86. The van der Waals surface area contributed by atoms with Crippen LogP contribution < -0.4 is 5.73 Å². The van der Waals surface area contributed by atoms with E-state index in [0.29, 0.717) is 12.8 Å². The summed E-state index contributed by atoms with van der Waals surface area (Å²) in [7, 11) is -2.88. The zero-order valence-corrected chi connectivity index (χ0v) is 11.5. The van der Waals surface area contributed by atoms with E-state index in [0.717, 1.165) is 5.56 Å². The van der Waals surface area contributed by atoms with E-state index in [1.807, 2.05) is 13.8 Å². The van der Waals surface area contributed by atoms with Crippen molar-refractivity contribution in [2.24, 2.45) is 5.73 Å². The van der Waals surface area contributed by atoms with Gasteiger partial charge in [-0.3, -0.25) is 0 Å². The van der Waals surface area contributed by atoms with Gasteiger partial charge in [0, 0.05) is 18.1 Å². The van der Waals surface area contributed by atoms with E-state index < -0.39 is 9.84 Å². The lowest BCUT2D eigenvalue weighted by atomic mass is 9.97. The lowest BCUT2D eigenvalue weighted by molar-refractivity contribution is 0.587. The molecule has 0 aliphatic rings. The Hall–Kier alpha value is -0.870. The van der Waals surface area contributed by atoms with Gasteiger partial charge in [0.1, 0.15) is 9.84 Å². The first kappa shape index (κ1) is 14.2. The minimum Gasteiger partial charge on any atom is -0.324 e. The minimum absolute atomic E-state index is 0.0725. The molecule has 1 aromatic carbocycles. The van der Waals surface area contributed by atoms with Crippen molar-refractivity contribution < 1.29 is 8.42 Å². The molecule has 17 heavy (non-hydrogen) atoms. The van der Waals surface area contributed by atoms with E-state index in [1.165, 1.54) is 17.4 Å². The maximum absolute atomic E-state index is 11.0. The SMILES string of the molecule is Cc1ccc(C)c(C(N)CCCS(C)(=O)=O)c1. The summed E-state index contributed by atoms with van der Waals surface area (Å²) >= 11 is 0. The van der Waals surface area contributed by atoms with E-state index >= 15 is 0 Å². The highest BCUT2D eigenvalue weighted by Crippen LogP contribution is 2.21. The molecule has 0 aromatic heterocycles. The van der Waals surface area contributed by atoms with Crippen molar-refractivity contribution in [2.45, 2.75) is 32.7 Å². The van der Waals surface area contributed by atoms with Crippen LogP contribution in [0.15, 0.2) is 18.2 Å². The molecule has 0 amide bonds. The van der Waals surface area contributed by atoms with Crippen LogP contribution in [-0.2, 0) is 9.84 Å². The number of nitrogens with two attached hydrogens (primary N) is 1. The zero-order chi connectivity index (χ0) is 13.1. The zero-order valence-electron chi connectivity index (χ0n) is 10.7. The number of sulfone groups is 1. The monoisotopic (exact) mass is 255 g/mol. The van der Waals surface area contributed by atoms with Crippen LogP contribution >= 0.6 is 0 Å². The highest BCUT2D eigenvalue weighted by atomic mass is 32.2. The summed E-state index contributed by atoms with van der Waals surface area (Å²) in [6.45, 7) is 4.07. The number of hydrogen-bond donors (Lipinski definition) is 1. The maximum Gasteiger partial charge on any atom is 0.147 e. The fourth-order valence-corrected chi connectivity index (χ4v) is 2.57. The van der Waals surface area contributed by atoms with Crippen LogP contribution in [0.5, 0.6) is 0 Å². The second-order valence-corrected chi connectivity index (χ2v) is 7.00. The molecule has 4 heteroatoms. The average Bonchev–Trinajstić information content (AvgIpc) is 2.19. The van der Waals surface area contributed by atoms with Crippen molar-refractivity contribution in [3.8, 4) is 0 Å². The Bertz CT molecular complexity index is 480. The minimum atomic E-state index is -2.88. The van der Waals surface area contributed by atoms with E-state index in [1.54, 1.807) is 0 Å². The van der Waals surface area contributed by atoms with E-state index in [-0.39, 0.29) is 11.8 Å². The molecule has 0 fully saturated rings. The Labute approximate surface area is 104 Å². The van der Waals surface area contributed by atoms with Gasteiger partial charge in [0.2, 0.25) is 0 Å². The van der Waals surface area contributed by atoms with Gasteiger partial charge in [0.15, 0.2) is 0 Å². The lowest BCUT2D eigenvalue weighted by Gasteiger charge is -2.15. The Morgan fingerprint density at radius 1 is 1.29 bits per heavy atom. The van der Waals surface area contributed by atoms with Crippen LogP contribution in [0.4, 0.5) is 0 Å². The molecule has 0 aliphatic carbocycles. The first-order valence-electron chi connectivity index (χ1n) is 5.80. The molecule has 1 unspecified atom stereocenters. The van der Waals surface area contributed by atoms with Gasteiger partial charge in [0.25, 0.3) is 0 Å². The lowest BCUT2D eigenvalue weighted by Crippen LogP contribution is -2.14. The standard InChI is InChI=1S/C13H21NO2S/c1-10-6-7-11(2)12(9-10)13(14)5-4-8-17(3,15)16/h6-7,9,13H,4-5,8,14H2,1-3H3. The maximum atomic E-state index is 11.0. The Morgan fingerprint density at radius 2 is 1.94 bits per heavy atom. The Morgan fingerprint density at radius 3 is 2.53 bits per heavy atom. The molecule has 0 radical (unpaired) electrons. The van der Waals surface area contributed by atoms with Gasteiger partial charge in [-0.25, -0.2) is 8.42 Å². The topological polar surface area (TPSA) is 60.2 Å². The van der Waals surface area contributed by atoms with Gasteiger partial charge in [0.05, 0.1) is 0 Å². The van der Waals surface area contributed by atoms with Gasteiger partial charge in [-0.05, 0) is 37.8 Å². The number of aryl methyl sites for hydroxylation is 2. The summed E-state index contributed by atoms with van der Waals surface area (Å²) in [5.74, 6) is 0.214. The molecule has 2 N–H and O–H groups in total. The van der Waals surface area contributed by atoms with E-state index in [9.17, 15) is 8.42 Å². The van der Waals surface area contributed by atoms with E-state index in [4.69, 9.17) is 5.73 Å². The first-order chi connectivity index (χ1) is 7.79. The summed E-state index contributed by atoms with van der Waals surface area (Å²) in [6, 6.07) is 6.13. The van der Waals surface area contributed by atoms with Crippen molar-refractivity contribution in [1.29, 1.82) is 0 Å². The van der Waals surface area contributed by atoms with Gasteiger partial charge in [-0.15, -0.1) is 0 Å².